The predicted octanol–water partition coefficient (Wildman–Crippen LogP) is 1.15. The van der Waals surface area contributed by atoms with Crippen molar-refractivity contribution in [3.63, 3.8) is 0 Å². The lowest BCUT2D eigenvalue weighted by Crippen LogP contribution is -2.44. The highest BCUT2D eigenvalue weighted by atomic mass is 16.3. The van der Waals surface area contributed by atoms with Crippen molar-refractivity contribution >= 4 is 11.8 Å². The van der Waals surface area contributed by atoms with Gasteiger partial charge in [0.1, 0.15) is 0 Å². The molecule has 2 fully saturated rings. The lowest BCUT2D eigenvalue weighted by Gasteiger charge is -2.30. The molecule has 1 saturated heterocycles. The number of likely N-dealkylation sites (N-methyl/N-ethyl adjacent to an activating group) is 1. The fraction of sp³-hybridized carbons (Fsp3) is 0.867. The van der Waals surface area contributed by atoms with Gasteiger partial charge in [0.25, 0.3) is 0 Å². The Kier molecular flexibility index (Phi) is 5.02. The molecule has 0 aromatic rings. The van der Waals surface area contributed by atoms with Crippen molar-refractivity contribution < 1.29 is 14.7 Å². The number of amides is 2. The zero-order valence-corrected chi connectivity index (χ0v) is 12.4. The van der Waals surface area contributed by atoms with Crippen LogP contribution >= 0.6 is 0 Å². The molecule has 5 heteroatoms. The number of carbonyl (C=O) groups excluding carboxylic acids is 2. The van der Waals surface area contributed by atoms with Crippen molar-refractivity contribution in [2.45, 2.75) is 57.0 Å². The highest BCUT2D eigenvalue weighted by Crippen LogP contribution is 2.32. The van der Waals surface area contributed by atoms with Gasteiger partial charge in [-0.25, -0.2) is 0 Å². The largest absolute Gasteiger partial charge is 0.390 e. The molecule has 20 heavy (non-hydrogen) atoms. The molecule has 1 saturated carbocycles. The van der Waals surface area contributed by atoms with Gasteiger partial charge in [-0.1, -0.05) is 12.8 Å². The third kappa shape index (κ3) is 3.95. The Hall–Kier alpha value is -1.10. The number of piperidine rings is 1. The SMILES string of the molecule is CN(CCC1(O)CCCC1)C(=O)CN1CCCCC1=O. The van der Waals surface area contributed by atoms with E-state index in [2.05, 4.69) is 0 Å². The number of aliphatic hydroxyl groups is 1. The first-order chi connectivity index (χ1) is 9.50. The highest BCUT2D eigenvalue weighted by molar-refractivity contribution is 5.85. The van der Waals surface area contributed by atoms with Gasteiger partial charge >= 0.3 is 0 Å². The van der Waals surface area contributed by atoms with Crippen LogP contribution in [0.25, 0.3) is 0 Å². The first-order valence-corrected chi connectivity index (χ1v) is 7.74. The number of hydrogen-bond donors (Lipinski definition) is 1. The van der Waals surface area contributed by atoms with E-state index in [1.54, 1.807) is 16.8 Å². The molecule has 1 aliphatic heterocycles. The molecule has 2 rings (SSSR count). The Morgan fingerprint density at radius 2 is 2.00 bits per heavy atom. The Bertz CT molecular complexity index is 364. The molecule has 5 nitrogen and oxygen atoms in total. The maximum absolute atomic E-state index is 12.1. The van der Waals surface area contributed by atoms with Crippen LogP contribution < -0.4 is 0 Å². The number of nitrogens with zero attached hydrogens (tertiary/aromatic N) is 2. The molecule has 0 unspecified atom stereocenters. The van der Waals surface area contributed by atoms with Gasteiger partial charge < -0.3 is 14.9 Å². The van der Waals surface area contributed by atoms with Gasteiger partial charge in [-0.05, 0) is 32.1 Å². The van der Waals surface area contributed by atoms with E-state index in [-0.39, 0.29) is 18.4 Å². The summed E-state index contributed by atoms with van der Waals surface area (Å²) in [6, 6.07) is 0. The molecule has 0 bridgehead atoms. The molecule has 2 amide bonds. The first-order valence-electron chi connectivity index (χ1n) is 7.74. The summed E-state index contributed by atoms with van der Waals surface area (Å²) in [5.74, 6) is 0.0641. The number of carbonyl (C=O) groups is 2. The van der Waals surface area contributed by atoms with Crippen LogP contribution in [-0.4, -0.2) is 59.0 Å². The lowest BCUT2D eigenvalue weighted by molar-refractivity contribution is -0.141. The average Bonchev–Trinajstić information content (AvgIpc) is 2.86. The minimum Gasteiger partial charge on any atom is -0.390 e. The highest BCUT2D eigenvalue weighted by Gasteiger charge is 2.31. The molecular formula is C15H26N2O3. The Balaban J connectivity index is 1.75. The standard InChI is InChI=1S/C15H26N2O3/c1-16(11-9-15(20)7-3-4-8-15)14(19)12-17-10-5-2-6-13(17)18/h20H,2-12H2,1H3. The normalized spacial score (nSPS) is 22.1. The maximum Gasteiger partial charge on any atom is 0.241 e. The van der Waals surface area contributed by atoms with Crippen molar-refractivity contribution in [1.29, 1.82) is 0 Å². The first kappa shape index (κ1) is 15.3. The van der Waals surface area contributed by atoms with Gasteiger partial charge in [0, 0.05) is 26.6 Å². The summed E-state index contributed by atoms with van der Waals surface area (Å²) in [4.78, 5) is 27.1. The van der Waals surface area contributed by atoms with Gasteiger partial charge in [-0.15, -0.1) is 0 Å². The second-order valence-corrected chi connectivity index (χ2v) is 6.27. The zero-order chi connectivity index (χ0) is 14.6. The number of likely N-dealkylation sites (tertiary alicyclic amines) is 1. The summed E-state index contributed by atoms with van der Waals surface area (Å²) >= 11 is 0. The van der Waals surface area contributed by atoms with Gasteiger partial charge in [0.2, 0.25) is 11.8 Å². The second kappa shape index (κ2) is 6.57. The summed E-state index contributed by atoms with van der Waals surface area (Å²) in [5, 5.41) is 10.3. The van der Waals surface area contributed by atoms with E-state index in [4.69, 9.17) is 0 Å². The summed E-state index contributed by atoms with van der Waals surface area (Å²) in [5.41, 5.74) is -0.574. The van der Waals surface area contributed by atoms with Crippen molar-refractivity contribution in [3.8, 4) is 0 Å². The second-order valence-electron chi connectivity index (χ2n) is 6.27. The van der Waals surface area contributed by atoms with Crippen LogP contribution in [0.2, 0.25) is 0 Å². The van der Waals surface area contributed by atoms with Crippen LogP contribution in [0, 0.1) is 0 Å². The van der Waals surface area contributed by atoms with E-state index in [1.165, 1.54) is 0 Å². The monoisotopic (exact) mass is 282 g/mol. The van der Waals surface area contributed by atoms with E-state index in [0.29, 0.717) is 25.9 Å². The third-order valence-electron chi connectivity index (χ3n) is 4.62. The zero-order valence-electron chi connectivity index (χ0n) is 12.4. The average molecular weight is 282 g/mol. The van der Waals surface area contributed by atoms with E-state index < -0.39 is 5.60 Å². The molecule has 0 atom stereocenters. The fourth-order valence-corrected chi connectivity index (χ4v) is 3.10. The van der Waals surface area contributed by atoms with Crippen LogP contribution in [0.3, 0.4) is 0 Å². The Morgan fingerprint density at radius 1 is 1.30 bits per heavy atom. The molecule has 1 N–H and O–H groups in total. The Morgan fingerprint density at radius 3 is 2.65 bits per heavy atom. The minimum absolute atomic E-state index is 0.0261. The third-order valence-corrected chi connectivity index (χ3v) is 4.62. The molecule has 0 aromatic heterocycles. The van der Waals surface area contributed by atoms with Crippen molar-refractivity contribution in [3.05, 3.63) is 0 Å². The van der Waals surface area contributed by atoms with Gasteiger partial charge in [0.05, 0.1) is 12.1 Å². The lowest BCUT2D eigenvalue weighted by atomic mass is 9.98. The molecule has 2 aliphatic rings. The molecule has 1 aliphatic carbocycles. The summed E-state index contributed by atoms with van der Waals surface area (Å²) in [7, 11) is 1.76. The smallest absolute Gasteiger partial charge is 0.241 e. The fourth-order valence-electron chi connectivity index (χ4n) is 3.10. The maximum atomic E-state index is 12.1. The van der Waals surface area contributed by atoms with Crippen LogP contribution in [0.5, 0.6) is 0 Å². The quantitative estimate of drug-likeness (QED) is 0.823. The molecule has 0 aromatic carbocycles. The van der Waals surface area contributed by atoms with Crippen LogP contribution in [0.1, 0.15) is 51.4 Å². The van der Waals surface area contributed by atoms with Crippen molar-refractivity contribution in [2.75, 3.05) is 26.7 Å². The summed E-state index contributed by atoms with van der Waals surface area (Å²) in [6.45, 7) is 1.45. The van der Waals surface area contributed by atoms with Gasteiger partial charge in [0.15, 0.2) is 0 Å². The van der Waals surface area contributed by atoms with E-state index in [1.807, 2.05) is 0 Å². The molecule has 0 spiro atoms. The van der Waals surface area contributed by atoms with Gasteiger partial charge in [-0.2, -0.15) is 0 Å². The van der Waals surface area contributed by atoms with Gasteiger partial charge in [-0.3, -0.25) is 9.59 Å². The molecule has 1 heterocycles. The minimum atomic E-state index is -0.574. The Labute approximate surface area is 120 Å². The summed E-state index contributed by atoms with van der Waals surface area (Å²) < 4.78 is 0. The van der Waals surface area contributed by atoms with E-state index >= 15 is 0 Å². The van der Waals surface area contributed by atoms with E-state index in [0.717, 1.165) is 38.5 Å². The predicted molar refractivity (Wildman–Crippen MR) is 76.1 cm³/mol. The topological polar surface area (TPSA) is 60.9 Å². The molecule has 0 radical (unpaired) electrons. The number of rotatable bonds is 5. The summed E-state index contributed by atoms with van der Waals surface area (Å²) in [6.07, 6.45) is 6.99. The van der Waals surface area contributed by atoms with E-state index in [9.17, 15) is 14.7 Å². The number of hydrogen-bond acceptors (Lipinski definition) is 3. The van der Waals surface area contributed by atoms with Crippen molar-refractivity contribution in [2.24, 2.45) is 0 Å². The van der Waals surface area contributed by atoms with Crippen molar-refractivity contribution in [1.82, 2.24) is 9.80 Å². The van der Waals surface area contributed by atoms with Crippen LogP contribution in [0.15, 0.2) is 0 Å². The van der Waals surface area contributed by atoms with Crippen LogP contribution in [-0.2, 0) is 9.59 Å². The van der Waals surface area contributed by atoms with Crippen LogP contribution in [0.4, 0.5) is 0 Å². The molecule has 114 valence electrons. The molecular weight excluding hydrogens is 256 g/mol.